The van der Waals surface area contributed by atoms with E-state index in [2.05, 4.69) is 31.7 Å². The van der Waals surface area contributed by atoms with Crippen LogP contribution in [0.3, 0.4) is 0 Å². The molecule has 4 aliphatic carbocycles. The molecule has 0 aliphatic heterocycles. The molecule has 0 aromatic heterocycles. The summed E-state index contributed by atoms with van der Waals surface area (Å²) in [5.41, 5.74) is 3.19. The first-order valence-corrected chi connectivity index (χ1v) is 12.3. The Bertz CT molecular complexity index is 598. The quantitative estimate of drug-likeness (QED) is 0.420. The fraction of sp³-hybridized carbons (Fsp3) is 0.778. The largest absolute Gasteiger partial charge is 0.392 e. The topological polar surface area (TPSA) is 20.2 Å². The monoisotopic (exact) mass is 471 g/mol. The summed E-state index contributed by atoms with van der Waals surface area (Å²) in [6.07, 6.45) is 24.2. The molecule has 2 heteroatoms. The second-order valence-electron chi connectivity index (χ2n) is 10.6. The molecule has 0 saturated heterocycles. The van der Waals surface area contributed by atoms with Crippen LogP contribution in [-0.4, -0.2) is 11.2 Å². The molecule has 1 nitrogen and oxygen atoms in total. The van der Waals surface area contributed by atoms with E-state index in [0.29, 0.717) is 5.92 Å². The van der Waals surface area contributed by atoms with Gasteiger partial charge < -0.3 is 5.11 Å². The molecule has 0 bridgehead atoms. The zero-order valence-electron chi connectivity index (χ0n) is 18.7. The van der Waals surface area contributed by atoms with Crippen LogP contribution in [0.4, 0.5) is 0 Å². The molecule has 0 amide bonds. The smallest absolute Gasteiger partial charge is 0.0608 e. The zero-order chi connectivity index (χ0) is 19.5. The van der Waals surface area contributed by atoms with Crippen molar-refractivity contribution < 1.29 is 37.8 Å². The predicted octanol–water partition coefficient (Wildman–Crippen LogP) is 7.23. The molecule has 2 fully saturated rings. The van der Waals surface area contributed by atoms with Crippen molar-refractivity contribution in [3.05, 3.63) is 36.0 Å². The van der Waals surface area contributed by atoms with E-state index in [-0.39, 0.29) is 38.8 Å². The van der Waals surface area contributed by atoms with Gasteiger partial charge in [0.1, 0.15) is 0 Å². The third-order valence-corrected chi connectivity index (χ3v) is 8.77. The maximum atomic E-state index is 10.9. The summed E-state index contributed by atoms with van der Waals surface area (Å²) in [4.78, 5) is 0. The van der Waals surface area contributed by atoms with Crippen molar-refractivity contribution in [2.45, 2.75) is 96.5 Å². The van der Waals surface area contributed by atoms with Gasteiger partial charge in [0.2, 0.25) is 0 Å². The van der Waals surface area contributed by atoms with Crippen LogP contribution in [0.2, 0.25) is 0 Å². The van der Waals surface area contributed by atoms with Gasteiger partial charge in [-0.2, -0.15) is 0 Å². The van der Waals surface area contributed by atoms with Crippen molar-refractivity contribution >= 4 is 0 Å². The van der Waals surface area contributed by atoms with E-state index in [0.717, 1.165) is 36.0 Å². The number of allylic oxidation sites excluding steroid dienone is 4. The van der Waals surface area contributed by atoms with Gasteiger partial charge in [-0.05, 0) is 120 Å². The standard InChI is InChI=1S/C27H42O.Y/c1-3-20-6-9-23(10-7-20)24-11-13-25(14-12-24)26-15-8-22(18-27(26)28)17-21-5-4-19(2)16-21;/h3,13,16,20-24,26-28H,1,4-12,14-15,17-18H2,2H3;. The van der Waals surface area contributed by atoms with Crippen LogP contribution >= 0.6 is 0 Å². The van der Waals surface area contributed by atoms with Gasteiger partial charge in [0.05, 0.1) is 6.10 Å². The summed E-state index contributed by atoms with van der Waals surface area (Å²) in [6, 6.07) is 0. The molecule has 5 atom stereocenters. The minimum absolute atomic E-state index is 0. The number of hydrogen-bond donors (Lipinski definition) is 1. The van der Waals surface area contributed by atoms with E-state index < -0.39 is 0 Å². The second kappa shape index (κ2) is 11.2. The van der Waals surface area contributed by atoms with E-state index in [1.54, 1.807) is 11.1 Å². The molecule has 0 heterocycles. The maximum Gasteiger partial charge on any atom is 0.0608 e. The molecule has 5 unspecified atom stereocenters. The molecule has 159 valence electrons. The summed E-state index contributed by atoms with van der Waals surface area (Å²) in [5.74, 6) is 4.63. The molecule has 1 N–H and O–H groups in total. The molecular formula is C27H42OY. The van der Waals surface area contributed by atoms with E-state index in [1.165, 1.54) is 77.0 Å². The van der Waals surface area contributed by atoms with E-state index in [4.69, 9.17) is 0 Å². The Labute approximate surface area is 204 Å². The molecule has 0 spiro atoms. The van der Waals surface area contributed by atoms with E-state index >= 15 is 0 Å². The summed E-state index contributed by atoms with van der Waals surface area (Å²) in [5, 5.41) is 10.9. The van der Waals surface area contributed by atoms with E-state index in [9.17, 15) is 5.11 Å². The zero-order valence-corrected chi connectivity index (χ0v) is 21.5. The van der Waals surface area contributed by atoms with Gasteiger partial charge in [0, 0.05) is 38.6 Å². The van der Waals surface area contributed by atoms with Crippen LogP contribution in [0.25, 0.3) is 0 Å². The number of hydrogen-bond acceptors (Lipinski definition) is 1. The van der Waals surface area contributed by atoms with Gasteiger partial charge in [-0.1, -0.05) is 29.4 Å². The fourth-order valence-electron chi connectivity index (χ4n) is 6.97. The maximum absolute atomic E-state index is 10.9. The van der Waals surface area contributed by atoms with Crippen molar-refractivity contribution in [3.63, 3.8) is 0 Å². The van der Waals surface area contributed by atoms with Crippen LogP contribution in [0.15, 0.2) is 36.0 Å². The Morgan fingerprint density at radius 3 is 2.38 bits per heavy atom. The summed E-state index contributed by atoms with van der Waals surface area (Å²) < 4.78 is 0. The van der Waals surface area contributed by atoms with Crippen molar-refractivity contribution in [2.24, 2.45) is 35.5 Å². The molecule has 4 rings (SSSR count). The molecule has 1 radical (unpaired) electrons. The summed E-state index contributed by atoms with van der Waals surface area (Å²) in [6.45, 7) is 6.27. The third-order valence-electron chi connectivity index (χ3n) is 8.77. The van der Waals surface area contributed by atoms with Gasteiger partial charge in [-0.3, -0.25) is 0 Å². The van der Waals surface area contributed by atoms with Gasteiger partial charge in [-0.25, -0.2) is 0 Å². The average molecular weight is 472 g/mol. The first-order valence-electron chi connectivity index (χ1n) is 12.3. The van der Waals surface area contributed by atoms with Crippen molar-refractivity contribution in [2.75, 3.05) is 0 Å². The Morgan fingerprint density at radius 2 is 1.79 bits per heavy atom. The fourth-order valence-corrected chi connectivity index (χ4v) is 6.97. The first kappa shape index (κ1) is 23.9. The van der Waals surface area contributed by atoms with Crippen molar-refractivity contribution in [3.8, 4) is 0 Å². The number of aliphatic hydroxyl groups excluding tert-OH is 1. The molecule has 0 aromatic rings. The Morgan fingerprint density at radius 1 is 1.00 bits per heavy atom. The molecule has 29 heavy (non-hydrogen) atoms. The summed E-state index contributed by atoms with van der Waals surface area (Å²) in [7, 11) is 0. The Balaban J connectivity index is 0.00000240. The van der Waals surface area contributed by atoms with Crippen LogP contribution in [-0.2, 0) is 32.7 Å². The van der Waals surface area contributed by atoms with Gasteiger partial charge in [-0.15, -0.1) is 6.58 Å². The third kappa shape index (κ3) is 6.17. The van der Waals surface area contributed by atoms with Gasteiger partial charge in [0.15, 0.2) is 0 Å². The van der Waals surface area contributed by atoms with Crippen LogP contribution in [0, 0.1) is 35.5 Å². The predicted molar refractivity (Wildman–Crippen MR) is 119 cm³/mol. The Hall–Kier alpha value is 0.284. The molecular weight excluding hydrogens is 429 g/mol. The Kier molecular flexibility index (Phi) is 9.28. The van der Waals surface area contributed by atoms with Crippen molar-refractivity contribution in [1.29, 1.82) is 0 Å². The SMILES string of the molecule is C=CC1CCC(C2CC=C(C3CCC(CC4C=C(C)CC4)CC3O)CC2)CC1.[Y]. The summed E-state index contributed by atoms with van der Waals surface area (Å²) >= 11 is 0. The van der Waals surface area contributed by atoms with Crippen LogP contribution < -0.4 is 0 Å². The molecule has 4 aliphatic rings. The molecule has 2 saturated carbocycles. The van der Waals surface area contributed by atoms with Gasteiger partial charge in [0.25, 0.3) is 0 Å². The number of aliphatic hydroxyl groups is 1. The van der Waals surface area contributed by atoms with Crippen molar-refractivity contribution in [1.82, 2.24) is 0 Å². The first-order chi connectivity index (χ1) is 13.6. The average Bonchev–Trinajstić information content (AvgIpc) is 3.13. The second-order valence-corrected chi connectivity index (χ2v) is 10.6. The minimum Gasteiger partial charge on any atom is -0.392 e. The number of rotatable bonds is 5. The van der Waals surface area contributed by atoms with Gasteiger partial charge >= 0.3 is 0 Å². The normalized spacial score (nSPS) is 40.6. The van der Waals surface area contributed by atoms with E-state index in [1.807, 2.05) is 0 Å². The van der Waals surface area contributed by atoms with Crippen LogP contribution in [0.1, 0.15) is 90.4 Å². The molecule has 0 aromatic carbocycles. The minimum atomic E-state index is -0.0870. The van der Waals surface area contributed by atoms with Crippen LogP contribution in [0.5, 0.6) is 0 Å².